The summed E-state index contributed by atoms with van der Waals surface area (Å²) >= 11 is 0. The molecular formula is C21H33N3O. The standard InChI is InChI=1S/C21H33N3O/c1-23(20-12-4-2-5-13-20)21(25)22-16-18-10-6-7-11-19(18)17-24-14-8-3-9-15-24/h6-7,10-11,20H,2-5,8-9,12-17H2,1H3,(H,22,25). The average Bonchev–Trinajstić information content (AvgIpc) is 2.68. The van der Waals surface area contributed by atoms with Crippen molar-refractivity contribution in [3.8, 4) is 0 Å². The van der Waals surface area contributed by atoms with E-state index in [1.807, 2.05) is 11.9 Å². The van der Waals surface area contributed by atoms with Crippen LogP contribution < -0.4 is 5.32 Å². The SMILES string of the molecule is CN(C(=O)NCc1ccccc1CN1CCCCC1)C1CCCCC1. The number of likely N-dealkylation sites (tertiary alicyclic amines) is 1. The Kier molecular flexibility index (Phi) is 6.74. The lowest BCUT2D eigenvalue weighted by molar-refractivity contribution is 0.173. The second kappa shape index (κ2) is 9.23. The fourth-order valence-corrected chi connectivity index (χ4v) is 4.17. The number of carbonyl (C=O) groups is 1. The first-order chi connectivity index (χ1) is 12.2. The van der Waals surface area contributed by atoms with E-state index in [0.29, 0.717) is 12.6 Å². The average molecular weight is 344 g/mol. The zero-order valence-electron chi connectivity index (χ0n) is 15.7. The smallest absolute Gasteiger partial charge is 0.317 e. The van der Waals surface area contributed by atoms with Crippen LogP contribution in [0.1, 0.15) is 62.5 Å². The number of piperidine rings is 1. The van der Waals surface area contributed by atoms with Crippen LogP contribution in [-0.4, -0.2) is 42.0 Å². The molecule has 2 fully saturated rings. The molecule has 1 N–H and O–H groups in total. The summed E-state index contributed by atoms with van der Waals surface area (Å²) in [6.45, 7) is 4.03. The van der Waals surface area contributed by atoms with Crippen molar-refractivity contribution >= 4 is 6.03 Å². The Balaban J connectivity index is 1.54. The van der Waals surface area contributed by atoms with Gasteiger partial charge in [0.15, 0.2) is 0 Å². The lowest BCUT2D eigenvalue weighted by atomic mass is 9.95. The molecule has 1 heterocycles. The number of rotatable bonds is 5. The van der Waals surface area contributed by atoms with Crippen LogP contribution in [0.2, 0.25) is 0 Å². The number of nitrogens with one attached hydrogen (secondary N) is 1. The highest BCUT2D eigenvalue weighted by molar-refractivity contribution is 5.74. The van der Waals surface area contributed by atoms with Gasteiger partial charge >= 0.3 is 6.03 Å². The highest BCUT2D eigenvalue weighted by Gasteiger charge is 2.22. The van der Waals surface area contributed by atoms with Gasteiger partial charge in [-0.3, -0.25) is 4.90 Å². The Labute approximate surface area is 152 Å². The van der Waals surface area contributed by atoms with Gasteiger partial charge in [-0.1, -0.05) is 49.9 Å². The number of urea groups is 1. The summed E-state index contributed by atoms with van der Waals surface area (Å²) in [5.41, 5.74) is 2.60. The zero-order valence-corrected chi connectivity index (χ0v) is 15.7. The van der Waals surface area contributed by atoms with Crippen LogP contribution in [0.15, 0.2) is 24.3 Å². The van der Waals surface area contributed by atoms with Crippen LogP contribution in [0.4, 0.5) is 4.79 Å². The quantitative estimate of drug-likeness (QED) is 0.872. The van der Waals surface area contributed by atoms with Crippen molar-refractivity contribution in [2.24, 2.45) is 0 Å². The van der Waals surface area contributed by atoms with Crippen LogP contribution in [0, 0.1) is 0 Å². The van der Waals surface area contributed by atoms with E-state index in [1.165, 1.54) is 62.7 Å². The van der Waals surface area contributed by atoms with Crippen molar-refractivity contribution < 1.29 is 4.79 Å². The number of benzene rings is 1. The lowest BCUT2D eigenvalue weighted by Gasteiger charge is -2.31. The molecule has 1 aliphatic carbocycles. The highest BCUT2D eigenvalue weighted by Crippen LogP contribution is 2.22. The van der Waals surface area contributed by atoms with Crippen LogP contribution in [0.25, 0.3) is 0 Å². The normalized spacial score (nSPS) is 19.6. The van der Waals surface area contributed by atoms with Gasteiger partial charge in [-0.15, -0.1) is 0 Å². The molecular weight excluding hydrogens is 310 g/mol. The third-order valence-corrected chi connectivity index (χ3v) is 5.83. The maximum absolute atomic E-state index is 12.5. The third-order valence-electron chi connectivity index (χ3n) is 5.83. The maximum Gasteiger partial charge on any atom is 0.317 e. The number of hydrogen-bond donors (Lipinski definition) is 1. The minimum absolute atomic E-state index is 0.0691. The molecule has 1 saturated carbocycles. The first-order valence-corrected chi connectivity index (χ1v) is 10.0. The van der Waals surface area contributed by atoms with E-state index >= 15 is 0 Å². The molecule has 138 valence electrons. The Bertz CT molecular complexity index is 548. The molecule has 2 amide bonds. The van der Waals surface area contributed by atoms with Crippen molar-refractivity contribution in [3.05, 3.63) is 35.4 Å². The van der Waals surface area contributed by atoms with Crippen LogP contribution in [0.5, 0.6) is 0 Å². The van der Waals surface area contributed by atoms with E-state index in [1.54, 1.807) is 0 Å². The van der Waals surface area contributed by atoms with Crippen molar-refractivity contribution in [3.63, 3.8) is 0 Å². The fraction of sp³-hybridized carbons (Fsp3) is 0.667. The summed E-state index contributed by atoms with van der Waals surface area (Å²) in [5, 5.41) is 3.14. The summed E-state index contributed by atoms with van der Waals surface area (Å²) in [4.78, 5) is 17.0. The molecule has 1 aliphatic heterocycles. The van der Waals surface area contributed by atoms with E-state index in [9.17, 15) is 4.79 Å². The molecule has 0 bridgehead atoms. The minimum atomic E-state index is 0.0691. The van der Waals surface area contributed by atoms with E-state index in [-0.39, 0.29) is 6.03 Å². The maximum atomic E-state index is 12.5. The molecule has 25 heavy (non-hydrogen) atoms. The molecule has 0 unspecified atom stereocenters. The predicted molar refractivity (Wildman–Crippen MR) is 102 cm³/mol. The summed E-state index contributed by atoms with van der Waals surface area (Å²) in [5.74, 6) is 0. The van der Waals surface area contributed by atoms with Gasteiger partial charge < -0.3 is 10.2 Å². The summed E-state index contributed by atoms with van der Waals surface area (Å²) in [6, 6.07) is 9.03. The number of hydrogen-bond acceptors (Lipinski definition) is 2. The van der Waals surface area contributed by atoms with Crippen LogP contribution in [-0.2, 0) is 13.1 Å². The third kappa shape index (κ3) is 5.21. The van der Waals surface area contributed by atoms with Gasteiger partial charge in [-0.2, -0.15) is 0 Å². The van der Waals surface area contributed by atoms with Gasteiger partial charge in [0.05, 0.1) is 0 Å². The monoisotopic (exact) mass is 343 g/mol. The van der Waals surface area contributed by atoms with Gasteiger partial charge in [0.1, 0.15) is 0 Å². The molecule has 0 spiro atoms. The number of carbonyl (C=O) groups excluding carboxylic acids is 1. The van der Waals surface area contributed by atoms with Gasteiger partial charge in [0, 0.05) is 26.2 Å². The second-order valence-electron chi connectivity index (χ2n) is 7.67. The van der Waals surface area contributed by atoms with Crippen molar-refractivity contribution in [2.75, 3.05) is 20.1 Å². The predicted octanol–water partition coefficient (Wildman–Crippen LogP) is 4.15. The molecule has 3 rings (SSSR count). The number of amides is 2. The Hall–Kier alpha value is -1.55. The largest absolute Gasteiger partial charge is 0.334 e. The highest BCUT2D eigenvalue weighted by atomic mass is 16.2. The topological polar surface area (TPSA) is 35.6 Å². The molecule has 1 aromatic rings. The van der Waals surface area contributed by atoms with Gasteiger partial charge in [-0.25, -0.2) is 4.79 Å². The lowest BCUT2D eigenvalue weighted by Crippen LogP contribution is -2.44. The van der Waals surface area contributed by atoms with Gasteiger partial charge in [-0.05, 0) is 49.9 Å². The first kappa shape index (κ1) is 18.2. The van der Waals surface area contributed by atoms with Crippen molar-refractivity contribution in [1.29, 1.82) is 0 Å². The molecule has 2 aliphatic rings. The van der Waals surface area contributed by atoms with Crippen molar-refractivity contribution in [1.82, 2.24) is 15.1 Å². The van der Waals surface area contributed by atoms with Crippen LogP contribution in [0.3, 0.4) is 0 Å². The van der Waals surface area contributed by atoms with Gasteiger partial charge in [0.25, 0.3) is 0 Å². The molecule has 4 nitrogen and oxygen atoms in total. The number of nitrogens with zero attached hydrogens (tertiary/aromatic N) is 2. The molecule has 1 aromatic carbocycles. The molecule has 0 radical (unpaired) electrons. The molecule has 0 aromatic heterocycles. The van der Waals surface area contributed by atoms with Crippen LogP contribution >= 0.6 is 0 Å². The molecule has 4 heteroatoms. The van der Waals surface area contributed by atoms with E-state index in [4.69, 9.17) is 0 Å². The Morgan fingerprint density at radius 3 is 2.40 bits per heavy atom. The Morgan fingerprint density at radius 2 is 1.68 bits per heavy atom. The summed E-state index contributed by atoms with van der Waals surface area (Å²) < 4.78 is 0. The fourth-order valence-electron chi connectivity index (χ4n) is 4.17. The van der Waals surface area contributed by atoms with Crippen molar-refractivity contribution in [2.45, 2.75) is 70.5 Å². The second-order valence-corrected chi connectivity index (χ2v) is 7.67. The van der Waals surface area contributed by atoms with E-state index in [0.717, 1.165) is 19.4 Å². The first-order valence-electron chi connectivity index (χ1n) is 10.0. The summed E-state index contributed by atoms with van der Waals surface area (Å²) in [7, 11) is 1.95. The molecule has 0 atom stereocenters. The molecule has 1 saturated heterocycles. The van der Waals surface area contributed by atoms with E-state index in [2.05, 4.69) is 34.5 Å². The van der Waals surface area contributed by atoms with Gasteiger partial charge in [0.2, 0.25) is 0 Å². The summed E-state index contributed by atoms with van der Waals surface area (Å²) in [6.07, 6.45) is 10.1. The Morgan fingerprint density at radius 1 is 1.04 bits per heavy atom. The minimum Gasteiger partial charge on any atom is -0.334 e. The van der Waals surface area contributed by atoms with E-state index < -0.39 is 0 Å². The zero-order chi connectivity index (χ0) is 17.5.